The van der Waals surface area contributed by atoms with Crippen LogP contribution in [0.25, 0.3) is 0 Å². The van der Waals surface area contributed by atoms with E-state index in [9.17, 15) is 8.42 Å². The van der Waals surface area contributed by atoms with E-state index in [1.54, 1.807) is 37.4 Å². The van der Waals surface area contributed by atoms with Crippen LogP contribution in [0.15, 0.2) is 40.2 Å². The fraction of sp³-hybridized carbons (Fsp3) is 0.562. The number of nitrogens with one attached hydrogen (secondary N) is 2. The number of unbranched alkanes of at least 4 members (excludes halogenated alkanes) is 1. The number of halogens is 1. The molecule has 0 heterocycles. The van der Waals surface area contributed by atoms with Gasteiger partial charge in [-0.2, -0.15) is 0 Å². The van der Waals surface area contributed by atoms with Gasteiger partial charge < -0.3 is 15.4 Å². The van der Waals surface area contributed by atoms with Crippen LogP contribution < -0.4 is 10.6 Å². The second-order valence-electron chi connectivity index (χ2n) is 4.96. The summed E-state index contributed by atoms with van der Waals surface area (Å²) in [4.78, 5) is 4.43. The van der Waals surface area contributed by atoms with Crippen LogP contribution in [0.3, 0.4) is 0 Å². The zero-order valence-corrected chi connectivity index (χ0v) is 17.5. The Labute approximate surface area is 162 Å². The maximum Gasteiger partial charge on any atom is 0.191 e. The van der Waals surface area contributed by atoms with Gasteiger partial charge in [-0.15, -0.1) is 24.0 Å². The third-order valence-electron chi connectivity index (χ3n) is 3.20. The minimum absolute atomic E-state index is 0. The molecule has 1 aromatic rings. The van der Waals surface area contributed by atoms with E-state index in [-0.39, 0.29) is 29.7 Å². The fourth-order valence-corrected chi connectivity index (χ4v) is 3.13. The third-order valence-corrected chi connectivity index (χ3v) is 4.93. The molecule has 0 radical (unpaired) electrons. The Bertz CT molecular complexity index is 565. The molecule has 0 saturated heterocycles. The molecule has 0 amide bonds. The lowest BCUT2D eigenvalue weighted by Crippen LogP contribution is -2.40. The average molecular weight is 469 g/mol. The second kappa shape index (κ2) is 13.4. The lowest BCUT2D eigenvalue weighted by atomic mass is 10.3. The molecule has 1 rings (SSSR count). The Balaban J connectivity index is 0.00000529. The molecule has 0 aliphatic heterocycles. The molecule has 0 spiro atoms. The van der Waals surface area contributed by atoms with Crippen molar-refractivity contribution >= 4 is 39.8 Å². The fourth-order valence-electron chi connectivity index (χ4n) is 1.95. The van der Waals surface area contributed by atoms with E-state index >= 15 is 0 Å². The molecular formula is C16H28IN3O3S. The first kappa shape index (κ1) is 23.1. The molecular weight excluding hydrogens is 441 g/mol. The zero-order valence-electron chi connectivity index (χ0n) is 14.3. The summed E-state index contributed by atoms with van der Waals surface area (Å²) in [6.07, 6.45) is 1.96. The number of nitrogens with zero attached hydrogens (tertiary/aromatic N) is 1. The van der Waals surface area contributed by atoms with Crippen LogP contribution in [0.1, 0.15) is 19.8 Å². The largest absolute Gasteiger partial charge is 0.382 e. The lowest BCUT2D eigenvalue weighted by molar-refractivity contribution is 0.143. The number of hydrogen-bond donors (Lipinski definition) is 2. The van der Waals surface area contributed by atoms with E-state index in [1.165, 1.54) is 0 Å². The van der Waals surface area contributed by atoms with Gasteiger partial charge in [0.2, 0.25) is 0 Å². The Hall–Kier alpha value is -0.870. The number of rotatable bonds is 10. The van der Waals surface area contributed by atoms with Crippen molar-refractivity contribution in [3.8, 4) is 0 Å². The van der Waals surface area contributed by atoms with Gasteiger partial charge in [0.05, 0.1) is 10.6 Å². The van der Waals surface area contributed by atoms with Crippen molar-refractivity contribution in [3.63, 3.8) is 0 Å². The highest BCUT2D eigenvalue weighted by Gasteiger charge is 2.13. The molecule has 0 atom stereocenters. The number of hydrogen-bond acceptors (Lipinski definition) is 4. The maximum atomic E-state index is 12.1. The highest BCUT2D eigenvalue weighted by molar-refractivity contribution is 14.0. The van der Waals surface area contributed by atoms with Gasteiger partial charge in [0.25, 0.3) is 0 Å². The Morgan fingerprint density at radius 3 is 2.42 bits per heavy atom. The van der Waals surface area contributed by atoms with Gasteiger partial charge in [-0.25, -0.2) is 8.42 Å². The van der Waals surface area contributed by atoms with Crippen LogP contribution in [0.4, 0.5) is 0 Å². The van der Waals surface area contributed by atoms with Crippen molar-refractivity contribution in [2.75, 3.05) is 39.1 Å². The summed E-state index contributed by atoms with van der Waals surface area (Å²) in [7, 11) is -1.59. The first-order valence-corrected chi connectivity index (χ1v) is 9.55. The van der Waals surface area contributed by atoms with Crippen molar-refractivity contribution in [3.05, 3.63) is 30.3 Å². The summed E-state index contributed by atoms with van der Waals surface area (Å²) in [6, 6.07) is 8.47. The van der Waals surface area contributed by atoms with Crippen molar-refractivity contribution in [1.29, 1.82) is 0 Å². The van der Waals surface area contributed by atoms with Gasteiger partial charge in [-0.1, -0.05) is 18.2 Å². The molecule has 24 heavy (non-hydrogen) atoms. The number of guanidine groups is 1. The van der Waals surface area contributed by atoms with Crippen molar-refractivity contribution in [1.82, 2.24) is 10.6 Å². The Morgan fingerprint density at radius 1 is 1.12 bits per heavy atom. The number of aliphatic imine (C=N–C) groups is 1. The smallest absolute Gasteiger partial charge is 0.191 e. The van der Waals surface area contributed by atoms with Crippen LogP contribution in [0.2, 0.25) is 0 Å². The molecule has 6 nitrogen and oxygen atoms in total. The number of ether oxygens (including phenoxy) is 1. The molecule has 0 aliphatic rings. The predicted octanol–water partition coefficient (Wildman–Crippen LogP) is 2.06. The normalized spacial score (nSPS) is 11.7. The minimum atomic E-state index is -3.26. The standard InChI is InChI=1S/C16H27N3O3S.HI/c1-3-22-13-8-7-11-18-16(17-2)19-12-14-23(20,21)15-9-5-4-6-10-15;/h4-6,9-10H,3,7-8,11-14H2,1-2H3,(H2,17,18,19);1H. The van der Waals surface area contributed by atoms with Gasteiger partial charge in [-0.3, -0.25) is 4.99 Å². The van der Waals surface area contributed by atoms with E-state index in [1.807, 2.05) is 6.92 Å². The van der Waals surface area contributed by atoms with Gasteiger partial charge in [0, 0.05) is 33.4 Å². The van der Waals surface area contributed by atoms with Crippen LogP contribution in [0.5, 0.6) is 0 Å². The van der Waals surface area contributed by atoms with Crippen LogP contribution in [0, 0.1) is 0 Å². The molecule has 0 aromatic heterocycles. The zero-order chi connectivity index (χ0) is 17.0. The molecule has 0 unspecified atom stereocenters. The summed E-state index contributed by atoms with van der Waals surface area (Å²) in [6.45, 7) is 4.58. The molecule has 2 N–H and O–H groups in total. The van der Waals surface area contributed by atoms with E-state index in [0.29, 0.717) is 17.4 Å². The summed E-state index contributed by atoms with van der Waals surface area (Å²) in [5.41, 5.74) is 0. The first-order valence-electron chi connectivity index (χ1n) is 7.90. The molecule has 0 bridgehead atoms. The van der Waals surface area contributed by atoms with Gasteiger partial charge in [0.15, 0.2) is 15.8 Å². The second-order valence-corrected chi connectivity index (χ2v) is 7.07. The Kier molecular flexibility index (Phi) is 12.9. The van der Waals surface area contributed by atoms with E-state index < -0.39 is 9.84 Å². The van der Waals surface area contributed by atoms with E-state index in [2.05, 4.69) is 15.6 Å². The van der Waals surface area contributed by atoms with Gasteiger partial charge in [0.1, 0.15) is 0 Å². The average Bonchev–Trinajstić information content (AvgIpc) is 2.57. The SMILES string of the molecule is CCOCCCCNC(=NC)NCCS(=O)(=O)c1ccccc1.I. The van der Waals surface area contributed by atoms with Gasteiger partial charge in [-0.05, 0) is 31.9 Å². The molecule has 0 fully saturated rings. The van der Waals surface area contributed by atoms with Crippen LogP contribution in [-0.4, -0.2) is 53.5 Å². The topological polar surface area (TPSA) is 79.8 Å². The molecule has 1 aromatic carbocycles. The maximum absolute atomic E-state index is 12.1. The van der Waals surface area contributed by atoms with E-state index in [4.69, 9.17) is 4.74 Å². The third kappa shape index (κ3) is 9.43. The van der Waals surface area contributed by atoms with Crippen molar-refractivity contribution in [2.24, 2.45) is 4.99 Å². The van der Waals surface area contributed by atoms with Crippen molar-refractivity contribution < 1.29 is 13.2 Å². The summed E-state index contributed by atoms with van der Waals surface area (Å²) < 4.78 is 29.6. The highest BCUT2D eigenvalue weighted by atomic mass is 127. The number of benzene rings is 1. The summed E-state index contributed by atoms with van der Waals surface area (Å²) >= 11 is 0. The minimum Gasteiger partial charge on any atom is -0.382 e. The molecule has 0 aliphatic carbocycles. The summed E-state index contributed by atoms with van der Waals surface area (Å²) in [5, 5.41) is 6.19. The van der Waals surface area contributed by atoms with Gasteiger partial charge >= 0.3 is 0 Å². The molecule has 8 heteroatoms. The predicted molar refractivity (Wildman–Crippen MR) is 109 cm³/mol. The quantitative estimate of drug-likeness (QED) is 0.237. The van der Waals surface area contributed by atoms with Crippen LogP contribution in [-0.2, 0) is 14.6 Å². The monoisotopic (exact) mass is 469 g/mol. The number of sulfone groups is 1. The summed E-state index contributed by atoms with van der Waals surface area (Å²) in [5.74, 6) is 0.645. The molecule has 0 saturated carbocycles. The van der Waals surface area contributed by atoms with Crippen LogP contribution >= 0.6 is 24.0 Å². The van der Waals surface area contributed by atoms with E-state index in [0.717, 1.165) is 32.6 Å². The Morgan fingerprint density at radius 2 is 1.79 bits per heavy atom. The molecule has 138 valence electrons. The lowest BCUT2D eigenvalue weighted by Gasteiger charge is -2.12. The first-order chi connectivity index (χ1) is 11.1. The highest BCUT2D eigenvalue weighted by Crippen LogP contribution is 2.09. The van der Waals surface area contributed by atoms with Crippen molar-refractivity contribution in [2.45, 2.75) is 24.7 Å².